The van der Waals surface area contributed by atoms with Crippen LogP contribution in [0.25, 0.3) is 0 Å². The Kier molecular flexibility index (Phi) is 12.3. The fourth-order valence-electron chi connectivity index (χ4n) is 22.2. The molecule has 18 fully saturated rings. The van der Waals surface area contributed by atoms with Crippen molar-refractivity contribution in [1.29, 1.82) is 0 Å². The van der Waals surface area contributed by atoms with Crippen molar-refractivity contribution in [3.8, 4) is 0 Å². The average molecular weight is 1020 g/mol. The third-order valence-corrected chi connectivity index (χ3v) is 24.9. The first-order valence-corrected chi connectivity index (χ1v) is 29.6. The maximum atomic E-state index is 14.0. The molecule has 2 amide bonds. The smallest absolute Gasteiger partial charge is 0.481 e. The van der Waals surface area contributed by atoms with Gasteiger partial charge in [0.1, 0.15) is 0 Å². The number of aliphatic hydroxyl groups is 2. The summed E-state index contributed by atoms with van der Waals surface area (Å²) in [6.07, 6.45) is 24.3. The topological polar surface area (TPSA) is 203 Å². The first kappa shape index (κ1) is 51.3. The maximum absolute atomic E-state index is 14.0. The number of rotatable bonds is 8. The Balaban J connectivity index is 0.000000118. The molecule has 15 saturated carbocycles. The van der Waals surface area contributed by atoms with Gasteiger partial charge in [0.25, 0.3) is 0 Å². The molecule has 8 unspecified atom stereocenters. The summed E-state index contributed by atoms with van der Waals surface area (Å²) in [5.41, 5.74) is 5.28. The van der Waals surface area contributed by atoms with Crippen molar-refractivity contribution in [3.63, 3.8) is 0 Å². The zero-order valence-corrected chi connectivity index (χ0v) is 45.0. The number of hydrogen-bond acceptors (Lipinski definition) is 10. The molecule has 14 bridgehead atoms. The second-order valence-corrected chi connectivity index (χ2v) is 30.4. The Morgan fingerprint density at radius 2 is 1.17 bits per heavy atom. The first-order valence-electron chi connectivity index (χ1n) is 29.2. The van der Waals surface area contributed by atoms with Gasteiger partial charge in [0.15, 0.2) is 0 Å². The molecule has 3 aliphatic heterocycles. The van der Waals surface area contributed by atoms with E-state index in [-0.39, 0.29) is 63.6 Å². The van der Waals surface area contributed by atoms with E-state index in [1.807, 2.05) is 6.92 Å². The van der Waals surface area contributed by atoms with Gasteiger partial charge >= 0.3 is 20.2 Å². The van der Waals surface area contributed by atoms with E-state index in [0.717, 1.165) is 134 Å². The number of amides is 2. The number of nitrogens with zero attached hydrogens (tertiary/aromatic N) is 2. The van der Waals surface area contributed by atoms with Crippen LogP contribution in [0.3, 0.4) is 0 Å². The molecule has 0 radical (unpaired) electrons. The summed E-state index contributed by atoms with van der Waals surface area (Å²) in [6.45, 7) is 12.5. The van der Waals surface area contributed by atoms with E-state index in [2.05, 4.69) is 32.6 Å². The maximum Gasteiger partial charge on any atom is 0.481 e. The summed E-state index contributed by atoms with van der Waals surface area (Å²) in [4.78, 5) is 41.9. The van der Waals surface area contributed by atoms with Gasteiger partial charge in [-0.25, -0.2) is 0 Å². The van der Waals surface area contributed by atoms with Crippen molar-refractivity contribution in [3.05, 3.63) is 0 Å². The van der Waals surface area contributed by atoms with E-state index in [4.69, 9.17) is 26.6 Å². The van der Waals surface area contributed by atoms with Crippen LogP contribution < -0.4 is 5.73 Å². The van der Waals surface area contributed by atoms with Gasteiger partial charge in [-0.15, -0.1) is 11.6 Å². The average Bonchev–Trinajstić information content (AvgIpc) is 4.05. The number of alkyl halides is 1. The minimum absolute atomic E-state index is 0.00826. The fraction of sp³-hybridized carbons (Fsp3) is 0.946. The standard InChI is InChI=1S/C27H42BNO4.C16H26BClN2O3.C13H20O3/c1-16(26-11-17-8-18(12-26)14-27(31,13-17)15-26)23(30)29-7-5-6-22(29)28-32-21-10-19-9-20(24(19,2)3)25(21,4)33-28;18-16-7-10-4-11(8-16)6-15(5-10,9-16)13(19)14(21)20-3-1-2-12(20)17(22)23;1-8(11(14)15)12-3-9-2-10(4-12)6-13(16,5-9)7-12/h16-22,31H,5-15H2,1-4H3;10-13,22-23H,1-9,19H2;8-10,16H,2-7H2,1H3,(H,14,15)/t16-,17?,18?,19?,20?,21-,22+,25+,26?,27?;10?,11?,12-,13+,15?,16?;8-,9?,10?,12?,13?/m101/s1. The van der Waals surface area contributed by atoms with Crippen LogP contribution in [0.2, 0.25) is 0 Å². The Morgan fingerprint density at radius 3 is 1.67 bits per heavy atom. The highest BCUT2D eigenvalue weighted by atomic mass is 35.5. The summed E-state index contributed by atoms with van der Waals surface area (Å²) in [6, 6.07) is -0.564. The molecular formula is C56H88B2ClN3O10. The SMILES string of the molecule is C[C@H](C(=O)N1CCC[C@H]1B1O[C@@H]2CC3CC(C3(C)C)[C@]2(C)O1)C12CC3CC(CC(O)(C3)C1)C2.C[C@H](C(=O)O)C12CC3CC(CC(O)(C3)C1)C2.N[C@H](C(=O)N1CCC[C@H]1B(O)O)C12CC3CC(CC(Cl)(C3)C1)C2. The highest BCUT2D eigenvalue weighted by Crippen LogP contribution is 2.69. The lowest BCUT2D eigenvalue weighted by atomic mass is 9.43. The highest BCUT2D eigenvalue weighted by Gasteiger charge is 2.70. The zero-order valence-electron chi connectivity index (χ0n) is 44.2. The predicted molar refractivity (Wildman–Crippen MR) is 274 cm³/mol. The predicted octanol–water partition coefficient (Wildman–Crippen LogP) is 7.15. The summed E-state index contributed by atoms with van der Waals surface area (Å²) >= 11 is 6.85. The van der Waals surface area contributed by atoms with Crippen molar-refractivity contribution in [2.45, 2.75) is 234 Å². The summed E-state index contributed by atoms with van der Waals surface area (Å²) < 4.78 is 13.4. The Morgan fingerprint density at radius 1 is 0.667 bits per heavy atom. The van der Waals surface area contributed by atoms with Gasteiger partial charge in [-0.2, -0.15) is 0 Å². The molecule has 400 valence electrons. The van der Waals surface area contributed by atoms with E-state index in [1.54, 1.807) is 4.90 Å². The van der Waals surface area contributed by atoms with Crippen LogP contribution >= 0.6 is 11.6 Å². The van der Waals surface area contributed by atoms with E-state index in [9.17, 15) is 39.8 Å². The van der Waals surface area contributed by atoms with Crippen molar-refractivity contribution < 1.29 is 49.1 Å². The Labute approximate surface area is 434 Å². The van der Waals surface area contributed by atoms with Gasteiger partial charge in [-0.05, 0) is 230 Å². The monoisotopic (exact) mass is 1020 g/mol. The Bertz CT molecular complexity index is 2140. The van der Waals surface area contributed by atoms with E-state index in [1.165, 1.54) is 25.7 Å². The van der Waals surface area contributed by atoms with Crippen LogP contribution in [0.1, 0.15) is 189 Å². The minimum Gasteiger partial charge on any atom is -0.481 e. The lowest BCUT2D eigenvalue weighted by Crippen LogP contribution is -2.65. The van der Waals surface area contributed by atoms with Crippen molar-refractivity contribution >= 4 is 43.6 Å². The van der Waals surface area contributed by atoms with Crippen molar-refractivity contribution in [2.24, 2.45) is 86.6 Å². The van der Waals surface area contributed by atoms with E-state index in [0.29, 0.717) is 65.7 Å². The molecule has 18 rings (SSSR count). The second-order valence-electron chi connectivity index (χ2n) is 29.6. The van der Waals surface area contributed by atoms with Gasteiger partial charge in [0.05, 0.1) is 46.7 Å². The van der Waals surface area contributed by atoms with Gasteiger partial charge in [-0.1, -0.05) is 27.7 Å². The van der Waals surface area contributed by atoms with Crippen LogP contribution in [0.4, 0.5) is 0 Å². The minimum atomic E-state index is -1.48. The normalized spacial score (nSPS) is 51.2. The molecule has 3 heterocycles. The number of carboxylic acid groups (broad SMARTS) is 1. The van der Waals surface area contributed by atoms with Crippen molar-refractivity contribution in [1.82, 2.24) is 9.80 Å². The first-order chi connectivity index (χ1) is 33.8. The molecule has 3 saturated heterocycles. The number of nitrogens with two attached hydrogens (primary N) is 1. The third kappa shape index (κ3) is 8.18. The van der Waals surface area contributed by atoms with Crippen LogP contribution in [-0.2, 0) is 23.7 Å². The summed E-state index contributed by atoms with van der Waals surface area (Å²) in [5, 5.41) is 50.0. The zero-order chi connectivity index (χ0) is 50.9. The van der Waals surface area contributed by atoms with Crippen LogP contribution in [-0.4, -0.2) is 126 Å². The summed E-state index contributed by atoms with van der Waals surface area (Å²) in [7, 11) is -1.77. The number of carbonyl (C=O) groups is 3. The van der Waals surface area contributed by atoms with Gasteiger partial charge in [-0.3, -0.25) is 14.4 Å². The van der Waals surface area contributed by atoms with Gasteiger partial charge < -0.3 is 50.2 Å². The van der Waals surface area contributed by atoms with Gasteiger partial charge in [0.2, 0.25) is 11.8 Å². The van der Waals surface area contributed by atoms with E-state index < -0.39 is 36.3 Å². The fourth-order valence-corrected chi connectivity index (χ4v) is 22.9. The van der Waals surface area contributed by atoms with Crippen LogP contribution in [0, 0.1) is 80.8 Å². The quantitative estimate of drug-likeness (QED) is 0.107. The molecule has 0 aromatic heterocycles. The Hall–Kier alpha value is -1.45. The lowest BCUT2D eigenvalue weighted by Gasteiger charge is -2.64. The number of likely N-dealkylation sites (tertiary alicyclic amines) is 2. The lowest BCUT2D eigenvalue weighted by molar-refractivity contribution is -0.199. The molecule has 15 atom stereocenters. The molecular weight excluding hydrogens is 932 g/mol. The number of hydrogen-bond donors (Lipinski definition) is 6. The van der Waals surface area contributed by atoms with Crippen molar-refractivity contribution in [2.75, 3.05) is 13.1 Å². The molecule has 15 aliphatic carbocycles. The molecule has 0 aromatic rings. The molecule has 16 heteroatoms. The number of halogens is 1. The number of aliphatic carboxylic acids is 1. The van der Waals surface area contributed by atoms with E-state index >= 15 is 0 Å². The molecule has 0 aromatic carbocycles. The molecule has 7 N–H and O–H groups in total. The van der Waals surface area contributed by atoms with Crippen LogP contribution in [0.5, 0.6) is 0 Å². The highest BCUT2D eigenvalue weighted by molar-refractivity contribution is 6.48. The number of carboxylic acids is 1. The summed E-state index contributed by atoms with van der Waals surface area (Å²) in [5.74, 6) is 3.58. The molecule has 0 spiro atoms. The molecule has 72 heavy (non-hydrogen) atoms. The number of carbonyl (C=O) groups excluding carboxylic acids is 2. The van der Waals surface area contributed by atoms with Gasteiger partial charge in [0, 0.05) is 23.9 Å². The largest absolute Gasteiger partial charge is 0.481 e. The second kappa shape index (κ2) is 17.3. The molecule has 13 nitrogen and oxygen atoms in total. The molecule has 18 aliphatic rings. The van der Waals surface area contributed by atoms with Crippen LogP contribution in [0.15, 0.2) is 0 Å². The third-order valence-electron chi connectivity index (χ3n) is 24.5.